The molecule has 1 unspecified atom stereocenters. The summed E-state index contributed by atoms with van der Waals surface area (Å²) in [5, 5.41) is 0.745. The lowest BCUT2D eigenvalue weighted by Gasteiger charge is -2.60. The van der Waals surface area contributed by atoms with Crippen molar-refractivity contribution >= 4 is 17.2 Å². The molecule has 30 heavy (non-hydrogen) atoms. The second-order valence-corrected chi connectivity index (χ2v) is 10.1. The second kappa shape index (κ2) is 7.20. The normalized spacial score (nSPS) is 36.9. The van der Waals surface area contributed by atoms with Gasteiger partial charge in [-0.25, -0.2) is 4.89 Å². The molecule has 2 aromatic rings. The molecule has 3 nitrogen and oxygen atoms in total. The van der Waals surface area contributed by atoms with Crippen molar-refractivity contribution in [1.29, 1.82) is 0 Å². The van der Waals surface area contributed by atoms with Crippen molar-refractivity contribution in [3.63, 3.8) is 0 Å². The lowest BCUT2D eigenvalue weighted by molar-refractivity contribution is -0.517. The van der Waals surface area contributed by atoms with Gasteiger partial charge >= 0.3 is 0 Å². The molecule has 0 aromatic heterocycles. The van der Waals surface area contributed by atoms with Crippen LogP contribution in [-0.2, 0) is 14.5 Å². The van der Waals surface area contributed by atoms with Gasteiger partial charge in [0, 0.05) is 16.9 Å². The molecule has 4 saturated carbocycles. The van der Waals surface area contributed by atoms with E-state index < -0.39 is 5.79 Å². The monoisotopic (exact) mass is 422 g/mol. The summed E-state index contributed by atoms with van der Waals surface area (Å²) in [6, 6.07) is 16.3. The minimum Gasteiger partial charge on any atom is -0.344 e. The van der Waals surface area contributed by atoms with E-state index >= 15 is 0 Å². The first kappa shape index (κ1) is 19.1. The van der Waals surface area contributed by atoms with Crippen LogP contribution in [-0.4, -0.2) is 18.5 Å². The highest BCUT2D eigenvalue weighted by atomic mass is 35.5. The minimum absolute atomic E-state index is 0.269. The van der Waals surface area contributed by atoms with Crippen LogP contribution in [0.1, 0.15) is 37.7 Å². The van der Waals surface area contributed by atoms with Crippen LogP contribution >= 0.6 is 11.6 Å². The van der Waals surface area contributed by atoms with Crippen LogP contribution in [0.4, 0.5) is 0 Å². The Labute approximate surface area is 182 Å². The third-order valence-corrected chi connectivity index (χ3v) is 8.10. The van der Waals surface area contributed by atoms with Crippen molar-refractivity contribution in [1.82, 2.24) is 0 Å². The first-order valence-corrected chi connectivity index (χ1v) is 11.5. The lowest BCUT2D eigenvalue weighted by atomic mass is 9.53. The van der Waals surface area contributed by atoms with Crippen molar-refractivity contribution in [3.05, 3.63) is 65.7 Å². The highest BCUT2D eigenvalue weighted by Crippen LogP contribution is 2.60. The van der Waals surface area contributed by atoms with E-state index in [4.69, 9.17) is 26.1 Å². The maximum Gasteiger partial charge on any atom is 0.207 e. The van der Waals surface area contributed by atoms with Crippen molar-refractivity contribution in [2.45, 2.75) is 44.0 Å². The summed E-state index contributed by atoms with van der Waals surface area (Å²) in [6.07, 6.45) is 6.06. The Morgan fingerprint density at radius 1 is 0.833 bits per heavy atom. The fourth-order valence-corrected chi connectivity index (χ4v) is 6.59. The lowest BCUT2D eigenvalue weighted by Crippen LogP contribution is -2.63. The zero-order valence-electron chi connectivity index (χ0n) is 17.1. The molecule has 1 heterocycles. The fraction of sp³-hybridized carbons (Fsp3) is 0.462. The first-order valence-electron chi connectivity index (χ1n) is 11.1. The molecule has 0 radical (unpaired) electrons. The van der Waals surface area contributed by atoms with E-state index in [2.05, 4.69) is 30.8 Å². The van der Waals surface area contributed by atoms with E-state index in [0.29, 0.717) is 18.4 Å². The SMILES string of the molecule is C=C(c1ccc(-c2ccc(Cl)cc2)cc1)C1COC2(OO1)C1CC3CC(C1)CC2C3. The molecule has 7 rings (SSSR count). The molecule has 4 bridgehead atoms. The summed E-state index contributed by atoms with van der Waals surface area (Å²) in [4.78, 5) is 12.1. The Hall–Kier alpha value is -1.65. The largest absolute Gasteiger partial charge is 0.344 e. The van der Waals surface area contributed by atoms with Crippen LogP contribution < -0.4 is 0 Å². The van der Waals surface area contributed by atoms with Crippen molar-refractivity contribution in [2.24, 2.45) is 23.7 Å². The van der Waals surface area contributed by atoms with Crippen molar-refractivity contribution in [3.8, 4) is 11.1 Å². The van der Waals surface area contributed by atoms with E-state index in [0.717, 1.165) is 39.1 Å². The zero-order chi connectivity index (χ0) is 20.3. The molecule has 1 atom stereocenters. The number of benzene rings is 2. The molecule has 1 aliphatic heterocycles. The highest BCUT2D eigenvalue weighted by Gasteiger charge is 2.61. The van der Waals surface area contributed by atoms with Gasteiger partial charge in [-0.1, -0.05) is 54.6 Å². The molecule has 1 spiro atoms. The Bertz CT molecular complexity index is 911. The van der Waals surface area contributed by atoms with Crippen molar-refractivity contribution < 1.29 is 14.5 Å². The molecule has 1 saturated heterocycles. The molecular weight excluding hydrogens is 396 g/mol. The first-order chi connectivity index (χ1) is 14.6. The number of ether oxygens (including phenoxy) is 1. The van der Waals surface area contributed by atoms with E-state index in [9.17, 15) is 0 Å². The van der Waals surface area contributed by atoms with Crippen molar-refractivity contribution in [2.75, 3.05) is 6.61 Å². The quantitative estimate of drug-likeness (QED) is 0.527. The Balaban J connectivity index is 1.14. The van der Waals surface area contributed by atoms with Crippen LogP contribution in [0.3, 0.4) is 0 Å². The van der Waals surface area contributed by atoms with Gasteiger partial charge < -0.3 is 4.74 Å². The number of halogens is 1. The maximum atomic E-state index is 6.48. The van der Waals surface area contributed by atoms with E-state index in [-0.39, 0.29) is 6.10 Å². The predicted molar refractivity (Wildman–Crippen MR) is 118 cm³/mol. The fourth-order valence-electron chi connectivity index (χ4n) is 6.47. The smallest absolute Gasteiger partial charge is 0.207 e. The summed E-state index contributed by atoms with van der Waals surface area (Å²) < 4.78 is 6.48. The molecule has 2 aromatic carbocycles. The molecule has 156 valence electrons. The van der Waals surface area contributed by atoms with E-state index in [1.54, 1.807) is 0 Å². The standard InChI is InChI=1S/C26H27ClO3/c1-16(19-2-4-20(5-3-19)21-6-8-24(27)9-7-21)25-15-28-26(30-29-25)22-11-17-10-18(13-22)14-23(26)12-17/h2-9,17-18,22-23,25H,1,10-15H2. The van der Waals surface area contributed by atoms with E-state index in [1.807, 2.05) is 24.3 Å². The molecule has 5 aliphatic rings. The Morgan fingerprint density at radius 2 is 1.40 bits per heavy atom. The van der Waals surface area contributed by atoms with Gasteiger partial charge in [-0.2, -0.15) is 4.89 Å². The van der Waals surface area contributed by atoms with E-state index in [1.165, 1.54) is 32.1 Å². The summed E-state index contributed by atoms with van der Waals surface area (Å²) >= 11 is 6.00. The number of hydrogen-bond donors (Lipinski definition) is 0. The predicted octanol–water partition coefficient (Wildman–Crippen LogP) is 6.52. The topological polar surface area (TPSA) is 27.7 Å². The van der Waals surface area contributed by atoms with Gasteiger partial charge in [0.25, 0.3) is 0 Å². The third-order valence-electron chi connectivity index (χ3n) is 7.85. The Morgan fingerprint density at radius 3 is 1.93 bits per heavy atom. The molecule has 5 fully saturated rings. The molecular formula is C26H27ClO3. The van der Waals surface area contributed by atoms with Gasteiger partial charge in [-0.3, -0.25) is 0 Å². The van der Waals surface area contributed by atoms with Crippen LogP contribution in [0, 0.1) is 23.7 Å². The number of rotatable bonds is 3. The van der Waals surface area contributed by atoms with Crippen LogP contribution in [0.25, 0.3) is 16.7 Å². The summed E-state index contributed by atoms with van der Waals surface area (Å²) in [7, 11) is 0. The van der Waals surface area contributed by atoms with Gasteiger partial charge in [0.05, 0.1) is 6.61 Å². The van der Waals surface area contributed by atoms with Gasteiger partial charge in [0.2, 0.25) is 5.79 Å². The minimum atomic E-state index is -0.511. The average Bonchev–Trinajstić information content (AvgIpc) is 2.78. The average molecular weight is 423 g/mol. The highest BCUT2D eigenvalue weighted by molar-refractivity contribution is 6.30. The van der Waals surface area contributed by atoms with Crippen LogP contribution in [0.2, 0.25) is 5.02 Å². The third kappa shape index (κ3) is 3.06. The van der Waals surface area contributed by atoms with Gasteiger partial charge in [-0.15, -0.1) is 0 Å². The maximum absolute atomic E-state index is 6.48. The summed E-state index contributed by atoms with van der Waals surface area (Å²) in [5.41, 5.74) is 4.23. The molecule has 0 N–H and O–H groups in total. The zero-order valence-corrected chi connectivity index (χ0v) is 17.8. The second-order valence-electron chi connectivity index (χ2n) is 9.61. The number of hydrogen-bond acceptors (Lipinski definition) is 3. The van der Waals surface area contributed by atoms with Crippen LogP contribution in [0.15, 0.2) is 55.1 Å². The van der Waals surface area contributed by atoms with Gasteiger partial charge in [-0.05, 0) is 78.3 Å². The summed E-state index contributed by atoms with van der Waals surface area (Å²) in [5.74, 6) is 2.21. The van der Waals surface area contributed by atoms with Crippen LogP contribution in [0.5, 0.6) is 0 Å². The van der Waals surface area contributed by atoms with Gasteiger partial charge in [0.1, 0.15) is 6.10 Å². The molecule has 4 heteroatoms. The molecule has 4 aliphatic carbocycles. The molecule has 0 amide bonds. The Kier molecular flexibility index (Phi) is 4.58. The summed E-state index contributed by atoms with van der Waals surface area (Å²) in [6.45, 7) is 4.80. The van der Waals surface area contributed by atoms with Gasteiger partial charge in [0.15, 0.2) is 0 Å².